The van der Waals surface area contributed by atoms with Crippen molar-refractivity contribution in [3.8, 4) is 17.2 Å². The number of aliphatic hydroxyl groups is 2. The summed E-state index contributed by atoms with van der Waals surface area (Å²) in [5.74, 6) is -3.15. The first-order valence-corrected chi connectivity index (χ1v) is 16.2. The normalized spacial score (nSPS) is 24.1. The highest BCUT2D eigenvalue weighted by molar-refractivity contribution is 6.36. The summed E-state index contributed by atoms with van der Waals surface area (Å²) in [6, 6.07) is 1.31. The molecule has 4 rings (SSSR count). The van der Waals surface area contributed by atoms with Gasteiger partial charge in [-0.15, -0.1) is 0 Å². The molecule has 0 aromatic heterocycles. The van der Waals surface area contributed by atoms with Crippen molar-refractivity contribution < 1.29 is 49.3 Å². The molecule has 0 amide bonds. The molecule has 0 saturated carbocycles. The Morgan fingerprint density at radius 1 is 0.979 bits per heavy atom. The Bertz CT molecular complexity index is 1590. The lowest BCUT2D eigenvalue weighted by molar-refractivity contribution is -0.221. The van der Waals surface area contributed by atoms with Crippen molar-refractivity contribution in [1.29, 1.82) is 0 Å². The highest BCUT2D eigenvalue weighted by atomic mass is 16.7. The van der Waals surface area contributed by atoms with Crippen molar-refractivity contribution in [3.63, 3.8) is 0 Å². The number of hydrogen-bond donors (Lipinski definition) is 5. The Hall–Kier alpha value is -3.28. The minimum atomic E-state index is -2.53. The van der Waals surface area contributed by atoms with Gasteiger partial charge < -0.3 is 39.7 Å². The van der Waals surface area contributed by atoms with Gasteiger partial charge in [0, 0.05) is 42.9 Å². The minimum Gasteiger partial charge on any atom is -0.507 e. The van der Waals surface area contributed by atoms with Crippen LogP contribution in [0.3, 0.4) is 0 Å². The Labute approximate surface area is 276 Å². The summed E-state index contributed by atoms with van der Waals surface area (Å²) in [4.78, 5) is 27.3. The van der Waals surface area contributed by atoms with Crippen LogP contribution in [0, 0.1) is 19.8 Å². The third kappa shape index (κ3) is 6.98. The van der Waals surface area contributed by atoms with E-state index < -0.39 is 40.6 Å². The Morgan fingerprint density at radius 2 is 1.60 bits per heavy atom. The number of Topliss-reactive ketones (excluding diaryl/α,β-unsaturated/α-hetero) is 2. The van der Waals surface area contributed by atoms with Crippen LogP contribution >= 0.6 is 0 Å². The number of phenols is 3. The van der Waals surface area contributed by atoms with Crippen LogP contribution in [0.25, 0.3) is 10.8 Å². The highest BCUT2D eigenvalue weighted by Gasteiger charge is 2.51. The number of ether oxygens (including phenoxy) is 3. The van der Waals surface area contributed by atoms with Gasteiger partial charge >= 0.3 is 0 Å². The van der Waals surface area contributed by atoms with Gasteiger partial charge in [0.05, 0.1) is 28.9 Å². The molecule has 1 heterocycles. The second-order valence-corrected chi connectivity index (χ2v) is 13.8. The fourth-order valence-corrected chi connectivity index (χ4v) is 7.02. The molecular weight excluding hydrogens is 604 g/mol. The summed E-state index contributed by atoms with van der Waals surface area (Å²) in [7, 11) is 3.24. The third-order valence-electron chi connectivity index (χ3n) is 9.92. The lowest BCUT2D eigenvalue weighted by Crippen LogP contribution is -2.49. The van der Waals surface area contributed by atoms with E-state index in [-0.39, 0.29) is 57.8 Å². The molecule has 0 spiro atoms. The number of aryl methyl sites for hydroxylation is 1. The molecular formula is C37H50O10. The van der Waals surface area contributed by atoms with Crippen LogP contribution in [0.5, 0.6) is 17.2 Å². The van der Waals surface area contributed by atoms with Crippen molar-refractivity contribution in [3.05, 3.63) is 51.6 Å². The lowest BCUT2D eigenvalue weighted by atomic mass is 9.73. The predicted molar refractivity (Wildman–Crippen MR) is 178 cm³/mol. The molecule has 2 aromatic carbocycles. The van der Waals surface area contributed by atoms with E-state index in [1.165, 1.54) is 13.0 Å². The quantitative estimate of drug-likeness (QED) is 0.103. The number of carbonyl (C=O) groups is 2. The third-order valence-corrected chi connectivity index (χ3v) is 9.92. The SMILES string of the molecule is COC(OC)C1CCC(C(C)(C)O)OC1CC/C(C)=C/CC/C(C)=C/C[C@]1(O)C(=O)c2c(O)cc(C)c3c(O)c(C)c(O)c(c23)C1=O. The molecule has 1 aliphatic heterocycles. The van der Waals surface area contributed by atoms with E-state index in [1.807, 2.05) is 6.92 Å². The fraction of sp³-hybridized carbons (Fsp3) is 0.568. The summed E-state index contributed by atoms with van der Waals surface area (Å²) >= 11 is 0. The van der Waals surface area contributed by atoms with E-state index in [9.17, 15) is 35.1 Å². The molecule has 1 saturated heterocycles. The molecule has 1 fully saturated rings. The molecule has 0 radical (unpaired) electrons. The number of rotatable bonds is 12. The second-order valence-electron chi connectivity index (χ2n) is 13.8. The number of allylic oxidation sites excluding steroid dienone is 3. The smallest absolute Gasteiger partial charge is 0.207 e. The van der Waals surface area contributed by atoms with Gasteiger partial charge in [0.25, 0.3) is 0 Å². The number of aromatic hydroxyl groups is 3. The van der Waals surface area contributed by atoms with Crippen molar-refractivity contribution in [2.24, 2.45) is 5.92 Å². The average molecular weight is 655 g/mol. The minimum absolute atomic E-state index is 0.0407. The Morgan fingerprint density at radius 3 is 2.21 bits per heavy atom. The maximum Gasteiger partial charge on any atom is 0.207 e. The zero-order valence-electron chi connectivity index (χ0n) is 28.8. The van der Waals surface area contributed by atoms with Crippen LogP contribution in [0.2, 0.25) is 0 Å². The van der Waals surface area contributed by atoms with E-state index in [2.05, 4.69) is 13.0 Å². The molecule has 3 unspecified atom stereocenters. The van der Waals surface area contributed by atoms with E-state index in [4.69, 9.17) is 14.2 Å². The van der Waals surface area contributed by atoms with Gasteiger partial charge in [-0.25, -0.2) is 0 Å². The summed E-state index contributed by atoms with van der Waals surface area (Å²) in [6.45, 7) is 10.5. The van der Waals surface area contributed by atoms with Gasteiger partial charge in [0.15, 0.2) is 11.9 Å². The number of ketones is 2. The topological polar surface area (TPSA) is 163 Å². The molecule has 5 N–H and O–H groups in total. The van der Waals surface area contributed by atoms with Gasteiger partial charge in [-0.3, -0.25) is 9.59 Å². The average Bonchev–Trinajstić information content (AvgIpc) is 3.01. The van der Waals surface area contributed by atoms with Gasteiger partial charge in [0.1, 0.15) is 17.2 Å². The Balaban J connectivity index is 1.45. The molecule has 10 nitrogen and oxygen atoms in total. The summed E-state index contributed by atoms with van der Waals surface area (Å²) in [6.07, 6.45) is 6.97. The zero-order chi connectivity index (χ0) is 35.0. The van der Waals surface area contributed by atoms with Crippen LogP contribution in [0.4, 0.5) is 0 Å². The first-order valence-electron chi connectivity index (χ1n) is 16.2. The first kappa shape index (κ1) is 36.6. The second kappa shape index (κ2) is 14.1. The predicted octanol–water partition coefficient (Wildman–Crippen LogP) is 6.08. The van der Waals surface area contributed by atoms with Crippen LogP contribution < -0.4 is 0 Å². The van der Waals surface area contributed by atoms with Crippen LogP contribution in [0.1, 0.15) is 104 Å². The molecule has 2 aromatic rings. The maximum absolute atomic E-state index is 13.7. The van der Waals surface area contributed by atoms with Crippen LogP contribution in [-0.4, -0.2) is 81.0 Å². The van der Waals surface area contributed by atoms with Crippen molar-refractivity contribution in [1.82, 2.24) is 0 Å². The van der Waals surface area contributed by atoms with Crippen molar-refractivity contribution >= 4 is 22.3 Å². The standard InChI is InChI=1S/C37H50O10/c1-19(12-14-25-23(35(45-7)46-8)13-15-26(47-25)36(5,6)43)10-9-11-20(2)16-17-37(44)33(41)28-24(38)18-21(3)27-29(28)30(34(37)42)32(40)22(4)31(27)39/h10,16,18,23,25-26,35,38-40,43-44H,9,11-15,17H2,1-8H3/b19-10+,20-16+/t23?,25?,26?,37-/m0/s1. The highest BCUT2D eigenvalue weighted by Crippen LogP contribution is 2.49. The molecule has 258 valence electrons. The van der Waals surface area contributed by atoms with Gasteiger partial charge in [-0.05, 0) is 91.7 Å². The van der Waals surface area contributed by atoms with Gasteiger partial charge in [-0.1, -0.05) is 23.3 Å². The van der Waals surface area contributed by atoms with E-state index in [0.29, 0.717) is 24.8 Å². The molecule has 2 aliphatic rings. The fourth-order valence-electron chi connectivity index (χ4n) is 7.02. The van der Waals surface area contributed by atoms with E-state index in [0.717, 1.165) is 30.4 Å². The zero-order valence-corrected chi connectivity index (χ0v) is 28.8. The largest absolute Gasteiger partial charge is 0.507 e. The number of benzene rings is 2. The first-order chi connectivity index (χ1) is 22.0. The van der Waals surface area contributed by atoms with E-state index in [1.54, 1.807) is 41.1 Å². The molecule has 1 aliphatic carbocycles. The van der Waals surface area contributed by atoms with Gasteiger partial charge in [0.2, 0.25) is 11.6 Å². The summed E-state index contributed by atoms with van der Waals surface area (Å²) in [5, 5.41) is 54.5. The molecule has 47 heavy (non-hydrogen) atoms. The maximum atomic E-state index is 13.7. The molecule has 4 atom stereocenters. The lowest BCUT2D eigenvalue weighted by Gasteiger charge is -2.43. The summed E-state index contributed by atoms with van der Waals surface area (Å²) in [5.41, 5.74) is -1.57. The summed E-state index contributed by atoms with van der Waals surface area (Å²) < 4.78 is 17.5. The van der Waals surface area contributed by atoms with Crippen LogP contribution in [0.15, 0.2) is 29.4 Å². The van der Waals surface area contributed by atoms with Crippen molar-refractivity contribution in [2.45, 2.75) is 116 Å². The number of phenolic OH excluding ortho intramolecular Hbond substituents is 3. The Kier molecular flexibility index (Phi) is 10.9. The van der Waals surface area contributed by atoms with Crippen molar-refractivity contribution in [2.75, 3.05) is 14.2 Å². The van der Waals surface area contributed by atoms with E-state index >= 15 is 0 Å². The van der Waals surface area contributed by atoms with Gasteiger partial charge in [-0.2, -0.15) is 0 Å². The number of hydrogen-bond acceptors (Lipinski definition) is 10. The molecule has 10 heteroatoms. The molecule has 0 bridgehead atoms. The number of carbonyl (C=O) groups excluding carboxylic acids is 2. The number of methoxy groups -OCH3 is 2. The monoisotopic (exact) mass is 654 g/mol. The van der Waals surface area contributed by atoms with Crippen LogP contribution in [-0.2, 0) is 14.2 Å².